The first-order chi connectivity index (χ1) is 16.6. The molecule has 0 radical (unpaired) electrons. The first-order valence-electron chi connectivity index (χ1n) is 11.3. The number of halogens is 1. The zero-order chi connectivity index (χ0) is 23.8. The van der Waals surface area contributed by atoms with Gasteiger partial charge >= 0.3 is 0 Å². The molecule has 1 aliphatic heterocycles. The Morgan fingerprint density at radius 1 is 0.794 bits per heavy atom. The number of hydrogen-bond acceptors (Lipinski definition) is 4. The van der Waals surface area contributed by atoms with E-state index in [0.717, 1.165) is 13.1 Å². The zero-order valence-corrected chi connectivity index (χ0v) is 19.7. The quantitative estimate of drug-likeness (QED) is 0.522. The maximum Gasteiger partial charge on any atom is 0.234 e. The Labute approximate surface area is 204 Å². The highest BCUT2D eigenvalue weighted by Crippen LogP contribution is 2.29. The van der Waals surface area contributed by atoms with Gasteiger partial charge in [0.05, 0.1) is 17.5 Å². The molecule has 0 saturated carbocycles. The van der Waals surface area contributed by atoms with Crippen LogP contribution in [0, 0.1) is 5.82 Å². The SMILES string of the molecule is O=C(CSCC(=O)N1CCN(C(c2ccccc2)c2ccccc2)CC1)Nc1ccc(F)cc1. The Hall–Kier alpha value is -3.16. The molecule has 2 amide bonds. The summed E-state index contributed by atoms with van der Waals surface area (Å²) in [5.74, 6) is -0.0694. The molecule has 1 aliphatic rings. The van der Waals surface area contributed by atoms with Gasteiger partial charge in [-0.25, -0.2) is 4.39 Å². The molecule has 0 spiro atoms. The summed E-state index contributed by atoms with van der Waals surface area (Å²) in [6.45, 7) is 2.90. The predicted molar refractivity (Wildman–Crippen MR) is 135 cm³/mol. The summed E-state index contributed by atoms with van der Waals surface area (Å²) in [5.41, 5.74) is 3.04. The number of carbonyl (C=O) groups is 2. The van der Waals surface area contributed by atoms with Crippen LogP contribution < -0.4 is 5.32 Å². The molecule has 5 nitrogen and oxygen atoms in total. The summed E-state index contributed by atoms with van der Waals surface area (Å²) in [6, 6.07) is 26.7. The van der Waals surface area contributed by atoms with Crippen molar-refractivity contribution in [2.45, 2.75) is 6.04 Å². The van der Waals surface area contributed by atoms with Gasteiger partial charge in [-0.3, -0.25) is 14.5 Å². The van der Waals surface area contributed by atoms with Crippen molar-refractivity contribution in [3.63, 3.8) is 0 Å². The third-order valence-electron chi connectivity index (χ3n) is 5.85. The molecule has 3 aromatic rings. The molecule has 176 valence electrons. The highest BCUT2D eigenvalue weighted by molar-refractivity contribution is 8.00. The number of nitrogens with one attached hydrogen (secondary N) is 1. The maximum absolute atomic E-state index is 13.0. The van der Waals surface area contributed by atoms with Gasteiger partial charge in [-0.15, -0.1) is 11.8 Å². The Morgan fingerprint density at radius 3 is 1.91 bits per heavy atom. The maximum atomic E-state index is 13.0. The van der Waals surface area contributed by atoms with Crippen LogP contribution in [0.4, 0.5) is 10.1 Å². The second-order valence-corrected chi connectivity index (χ2v) is 9.17. The fraction of sp³-hybridized carbons (Fsp3) is 0.259. The van der Waals surface area contributed by atoms with E-state index in [0.29, 0.717) is 18.8 Å². The Balaban J connectivity index is 1.26. The molecular formula is C27H28FN3O2S. The number of anilines is 1. The average molecular weight is 478 g/mol. The van der Waals surface area contributed by atoms with Crippen molar-refractivity contribution in [2.24, 2.45) is 0 Å². The van der Waals surface area contributed by atoms with Crippen molar-refractivity contribution in [1.82, 2.24) is 9.80 Å². The van der Waals surface area contributed by atoms with Gasteiger partial charge in [-0.05, 0) is 35.4 Å². The third kappa shape index (κ3) is 6.46. The van der Waals surface area contributed by atoms with Crippen LogP contribution in [-0.2, 0) is 9.59 Å². The molecule has 1 fully saturated rings. The number of benzene rings is 3. The monoisotopic (exact) mass is 477 g/mol. The standard InChI is InChI=1S/C27H28FN3O2S/c28-23-11-13-24(14-12-23)29-25(32)19-34-20-26(33)30-15-17-31(18-16-30)27(21-7-3-1-4-8-21)22-9-5-2-6-10-22/h1-14,27H,15-20H2,(H,29,32). The van der Waals surface area contributed by atoms with Gasteiger partial charge in [0.25, 0.3) is 0 Å². The number of rotatable bonds is 8. The molecule has 1 saturated heterocycles. The van der Waals surface area contributed by atoms with Gasteiger partial charge < -0.3 is 10.2 Å². The lowest BCUT2D eigenvalue weighted by Crippen LogP contribution is -2.50. The van der Waals surface area contributed by atoms with Crippen LogP contribution in [0.2, 0.25) is 0 Å². The Kier molecular flexibility index (Phi) is 8.33. The minimum atomic E-state index is -0.350. The topological polar surface area (TPSA) is 52.7 Å². The van der Waals surface area contributed by atoms with E-state index in [2.05, 4.69) is 58.7 Å². The number of thioether (sulfide) groups is 1. The second-order valence-electron chi connectivity index (χ2n) is 8.19. The summed E-state index contributed by atoms with van der Waals surface area (Å²) >= 11 is 1.30. The number of amides is 2. The van der Waals surface area contributed by atoms with Gasteiger partial charge in [0.2, 0.25) is 11.8 Å². The van der Waals surface area contributed by atoms with Crippen molar-refractivity contribution in [2.75, 3.05) is 43.0 Å². The molecule has 34 heavy (non-hydrogen) atoms. The van der Waals surface area contributed by atoms with E-state index >= 15 is 0 Å². The van der Waals surface area contributed by atoms with Gasteiger partial charge in [0.15, 0.2) is 0 Å². The van der Waals surface area contributed by atoms with Crippen molar-refractivity contribution in [3.05, 3.63) is 102 Å². The van der Waals surface area contributed by atoms with Gasteiger partial charge in [0.1, 0.15) is 5.82 Å². The van der Waals surface area contributed by atoms with Gasteiger partial charge in [0, 0.05) is 31.9 Å². The van der Waals surface area contributed by atoms with Crippen LogP contribution in [-0.4, -0.2) is 59.3 Å². The van der Waals surface area contributed by atoms with E-state index in [1.54, 1.807) is 0 Å². The fourth-order valence-corrected chi connectivity index (χ4v) is 4.88. The lowest BCUT2D eigenvalue weighted by atomic mass is 9.96. The second kappa shape index (κ2) is 11.8. The minimum Gasteiger partial charge on any atom is -0.339 e. The molecule has 0 aliphatic carbocycles. The van der Waals surface area contributed by atoms with Crippen molar-refractivity contribution in [3.8, 4) is 0 Å². The summed E-state index contributed by atoms with van der Waals surface area (Å²) in [7, 11) is 0. The largest absolute Gasteiger partial charge is 0.339 e. The van der Waals surface area contributed by atoms with E-state index in [1.807, 2.05) is 17.0 Å². The Morgan fingerprint density at radius 2 is 1.35 bits per heavy atom. The highest BCUT2D eigenvalue weighted by Gasteiger charge is 2.28. The third-order valence-corrected chi connectivity index (χ3v) is 6.77. The molecule has 4 rings (SSSR count). The van der Waals surface area contributed by atoms with Crippen LogP contribution in [0.15, 0.2) is 84.9 Å². The van der Waals surface area contributed by atoms with E-state index in [-0.39, 0.29) is 35.2 Å². The molecule has 7 heteroatoms. The summed E-state index contributed by atoms with van der Waals surface area (Å²) in [6.07, 6.45) is 0. The normalized spacial score (nSPS) is 14.2. The number of piperazine rings is 1. The van der Waals surface area contributed by atoms with Gasteiger partial charge in [-0.1, -0.05) is 60.7 Å². The lowest BCUT2D eigenvalue weighted by molar-refractivity contribution is -0.130. The van der Waals surface area contributed by atoms with E-state index in [9.17, 15) is 14.0 Å². The van der Waals surface area contributed by atoms with Crippen LogP contribution in [0.5, 0.6) is 0 Å². The lowest BCUT2D eigenvalue weighted by Gasteiger charge is -2.39. The number of hydrogen-bond donors (Lipinski definition) is 1. The first kappa shape index (κ1) is 24.0. The molecule has 0 bridgehead atoms. The van der Waals surface area contributed by atoms with E-state index in [1.165, 1.54) is 47.2 Å². The van der Waals surface area contributed by atoms with Crippen LogP contribution in [0.25, 0.3) is 0 Å². The summed E-state index contributed by atoms with van der Waals surface area (Å²) in [5, 5.41) is 2.71. The Bertz CT molecular complexity index is 1030. The summed E-state index contributed by atoms with van der Waals surface area (Å²) < 4.78 is 13.0. The predicted octanol–water partition coefficient (Wildman–Crippen LogP) is 4.43. The molecule has 0 atom stereocenters. The van der Waals surface area contributed by atoms with Crippen molar-refractivity contribution < 1.29 is 14.0 Å². The molecular weight excluding hydrogens is 449 g/mol. The van der Waals surface area contributed by atoms with E-state index < -0.39 is 0 Å². The highest BCUT2D eigenvalue weighted by atomic mass is 32.2. The van der Waals surface area contributed by atoms with Crippen molar-refractivity contribution >= 4 is 29.3 Å². The van der Waals surface area contributed by atoms with Crippen molar-refractivity contribution in [1.29, 1.82) is 0 Å². The smallest absolute Gasteiger partial charge is 0.234 e. The minimum absolute atomic E-state index is 0.0511. The summed E-state index contributed by atoms with van der Waals surface area (Å²) in [4.78, 5) is 29.1. The van der Waals surface area contributed by atoms with Gasteiger partial charge in [-0.2, -0.15) is 0 Å². The first-order valence-corrected chi connectivity index (χ1v) is 12.5. The molecule has 3 aromatic carbocycles. The van der Waals surface area contributed by atoms with Crippen LogP contribution >= 0.6 is 11.8 Å². The van der Waals surface area contributed by atoms with E-state index in [4.69, 9.17) is 0 Å². The number of nitrogens with zero attached hydrogens (tertiary/aromatic N) is 2. The fourth-order valence-electron chi connectivity index (χ4n) is 4.17. The molecule has 0 unspecified atom stereocenters. The molecule has 1 N–H and O–H groups in total. The zero-order valence-electron chi connectivity index (χ0n) is 18.9. The van der Waals surface area contributed by atoms with Crippen LogP contribution in [0.1, 0.15) is 17.2 Å². The van der Waals surface area contributed by atoms with Crippen LogP contribution in [0.3, 0.4) is 0 Å². The molecule has 0 aromatic heterocycles. The average Bonchev–Trinajstić information content (AvgIpc) is 2.87. The number of carbonyl (C=O) groups excluding carboxylic acids is 2. The molecule has 1 heterocycles.